The number of fused-ring (bicyclic) bond motifs is 2. The van der Waals surface area contributed by atoms with E-state index in [0.29, 0.717) is 6.61 Å². The van der Waals surface area contributed by atoms with Crippen molar-refractivity contribution in [3.05, 3.63) is 64.7 Å². The number of benzene rings is 2. The Bertz CT molecular complexity index is 1190. The molecule has 0 saturated carbocycles. The van der Waals surface area contributed by atoms with Crippen LogP contribution in [-0.2, 0) is 15.0 Å². The third-order valence-electron chi connectivity index (χ3n) is 7.18. The van der Waals surface area contributed by atoms with Crippen molar-refractivity contribution >= 4 is 11.9 Å². The second kappa shape index (κ2) is 14.2. The molecule has 0 aromatic heterocycles. The van der Waals surface area contributed by atoms with Crippen molar-refractivity contribution in [1.82, 2.24) is 10.2 Å². The SMILES string of the molecule is Cc1ccc(C)c(OCCN(C)[C@@H]2c3ccccc3C3(CCNCC3)[C@H]2O)c1.O=C(O)C(F)(F)F.O=C(O)C(F)(F)F. The van der Waals surface area contributed by atoms with E-state index in [1.165, 1.54) is 16.7 Å². The smallest absolute Gasteiger partial charge is 0.490 e. The van der Waals surface area contributed by atoms with Crippen molar-refractivity contribution in [2.45, 2.75) is 56.6 Å². The highest BCUT2D eigenvalue weighted by molar-refractivity contribution is 5.73. The number of halogens is 6. The van der Waals surface area contributed by atoms with Crippen LogP contribution < -0.4 is 10.1 Å². The number of piperidine rings is 1. The van der Waals surface area contributed by atoms with Gasteiger partial charge in [-0.1, -0.05) is 36.4 Å². The van der Waals surface area contributed by atoms with Crippen LogP contribution in [0.15, 0.2) is 42.5 Å². The molecule has 1 fully saturated rings. The van der Waals surface area contributed by atoms with Crippen LogP contribution in [0.2, 0.25) is 0 Å². The molecule has 2 aromatic rings. The maximum atomic E-state index is 11.4. The van der Waals surface area contributed by atoms with Gasteiger partial charge in [0, 0.05) is 12.0 Å². The number of carboxylic acids is 2. The van der Waals surface area contributed by atoms with Crippen molar-refractivity contribution < 1.29 is 56.0 Å². The zero-order valence-electron chi connectivity index (χ0n) is 23.2. The first kappa shape index (κ1) is 34.8. The predicted molar refractivity (Wildman–Crippen MR) is 140 cm³/mol. The first-order valence-electron chi connectivity index (χ1n) is 12.9. The average Bonchev–Trinajstić information content (AvgIpc) is 3.13. The number of aliphatic hydroxyl groups excluding tert-OH is 1. The molecule has 0 amide bonds. The number of carbonyl (C=O) groups is 2. The van der Waals surface area contributed by atoms with Crippen LogP contribution >= 0.6 is 0 Å². The summed E-state index contributed by atoms with van der Waals surface area (Å²) in [6.45, 7) is 7.49. The second-order valence-corrected chi connectivity index (χ2v) is 10.1. The molecular formula is C28H34F6N2O6. The van der Waals surface area contributed by atoms with Gasteiger partial charge in [0.05, 0.1) is 12.1 Å². The minimum atomic E-state index is -5.08. The fraction of sp³-hybridized carbons (Fsp3) is 0.500. The zero-order chi connectivity index (χ0) is 31.9. The lowest BCUT2D eigenvalue weighted by Crippen LogP contribution is -2.48. The summed E-state index contributed by atoms with van der Waals surface area (Å²) >= 11 is 0. The Hall–Kier alpha value is -3.36. The lowest BCUT2D eigenvalue weighted by molar-refractivity contribution is -0.193. The van der Waals surface area contributed by atoms with Crippen LogP contribution in [0.4, 0.5) is 26.3 Å². The van der Waals surface area contributed by atoms with Crippen molar-refractivity contribution in [3.8, 4) is 5.75 Å². The Morgan fingerprint density at radius 2 is 1.50 bits per heavy atom. The number of aliphatic hydroxyl groups is 1. The van der Waals surface area contributed by atoms with Gasteiger partial charge in [-0.25, -0.2) is 9.59 Å². The number of carboxylic acid groups (broad SMARTS) is 2. The number of ether oxygens (including phenoxy) is 1. The minimum Gasteiger partial charge on any atom is -0.492 e. The van der Waals surface area contributed by atoms with Gasteiger partial charge in [-0.2, -0.15) is 26.3 Å². The van der Waals surface area contributed by atoms with E-state index in [1.807, 2.05) is 0 Å². The molecule has 2 aromatic carbocycles. The van der Waals surface area contributed by atoms with E-state index >= 15 is 0 Å². The van der Waals surface area contributed by atoms with Crippen LogP contribution in [0.3, 0.4) is 0 Å². The molecule has 1 spiro atoms. The van der Waals surface area contributed by atoms with Crippen molar-refractivity contribution in [1.29, 1.82) is 0 Å². The first-order chi connectivity index (χ1) is 19.4. The molecule has 0 unspecified atom stereocenters. The summed E-state index contributed by atoms with van der Waals surface area (Å²) in [7, 11) is 2.11. The number of alkyl halides is 6. The van der Waals surface area contributed by atoms with Crippen LogP contribution in [0.25, 0.3) is 0 Å². The maximum absolute atomic E-state index is 11.4. The third-order valence-corrected chi connectivity index (χ3v) is 7.18. The largest absolute Gasteiger partial charge is 0.492 e. The number of aliphatic carboxylic acids is 2. The Balaban J connectivity index is 0.000000367. The first-order valence-corrected chi connectivity index (χ1v) is 12.9. The molecule has 2 aliphatic rings. The molecular weight excluding hydrogens is 574 g/mol. The highest BCUT2D eigenvalue weighted by Crippen LogP contribution is 2.51. The highest BCUT2D eigenvalue weighted by atomic mass is 19.4. The Morgan fingerprint density at radius 1 is 0.976 bits per heavy atom. The second-order valence-electron chi connectivity index (χ2n) is 10.1. The van der Waals surface area contributed by atoms with E-state index in [0.717, 1.165) is 43.8 Å². The monoisotopic (exact) mass is 608 g/mol. The molecule has 42 heavy (non-hydrogen) atoms. The molecule has 1 aliphatic carbocycles. The summed E-state index contributed by atoms with van der Waals surface area (Å²) in [5.41, 5.74) is 4.88. The van der Waals surface area contributed by atoms with Gasteiger partial charge in [-0.3, -0.25) is 4.90 Å². The molecule has 4 rings (SSSR count). The van der Waals surface area contributed by atoms with Gasteiger partial charge in [0.1, 0.15) is 12.4 Å². The van der Waals surface area contributed by atoms with Crippen LogP contribution in [0.1, 0.15) is 41.1 Å². The van der Waals surface area contributed by atoms with Gasteiger partial charge in [-0.05, 0) is 75.1 Å². The van der Waals surface area contributed by atoms with E-state index in [4.69, 9.17) is 24.5 Å². The van der Waals surface area contributed by atoms with Gasteiger partial charge in [-0.15, -0.1) is 0 Å². The van der Waals surface area contributed by atoms with E-state index in [2.05, 4.69) is 73.6 Å². The Kier molecular flexibility index (Phi) is 11.8. The Morgan fingerprint density at radius 3 is 2.02 bits per heavy atom. The zero-order valence-corrected chi connectivity index (χ0v) is 23.2. The lowest BCUT2D eigenvalue weighted by Gasteiger charge is -2.40. The summed E-state index contributed by atoms with van der Waals surface area (Å²) in [5, 5.41) is 29.1. The topological polar surface area (TPSA) is 119 Å². The molecule has 4 N–H and O–H groups in total. The van der Waals surface area contributed by atoms with E-state index in [-0.39, 0.29) is 17.6 Å². The van der Waals surface area contributed by atoms with Crippen molar-refractivity contribution in [2.24, 2.45) is 0 Å². The number of rotatable bonds is 5. The van der Waals surface area contributed by atoms with Crippen molar-refractivity contribution in [2.75, 3.05) is 33.3 Å². The molecule has 8 nitrogen and oxygen atoms in total. The van der Waals surface area contributed by atoms with Gasteiger partial charge >= 0.3 is 24.3 Å². The number of hydrogen-bond acceptors (Lipinski definition) is 6. The molecule has 1 heterocycles. The average molecular weight is 609 g/mol. The van der Waals surface area contributed by atoms with Gasteiger partial charge < -0.3 is 25.4 Å². The molecule has 0 bridgehead atoms. The van der Waals surface area contributed by atoms with Crippen molar-refractivity contribution in [3.63, 3.8) is 0 Å². The number of hydrogen-bond donors (Lipinski definition) is 4. The number of nitrogens with zero attached hydrogens (tertiary/aromatic N) is 1. The fourth-order valence-electron chi connectivity index (χ4n) is 5.06. The van der Waals surface area contributed by atoms with Gasteiger partial charge in [0.2, 0.25) is 0 Å². The summed E-state index contributed by atoms with van der Waals surface area (Å²) in [5.74, 6) is -4.56. The minimum absolute atomic E-state index is 0.0245. The van der Waals surface area contributed by atoms with Crippen LogP contribution in [0.5, 0.6) is 5.75 Å². The van der Waals surface area contributed by atoms with Crippen LogP contribution in [0, 0.1) is 13.8 Å². The lowest BCUT2D eigenvalue weighted by atomic mass is 9.72. The summed E-state index contributed by atoms with van der Waals surface area (Å²) < 4.78 is 69.5. The number of aryl methyl sites for hydroxylation is 2. The summed E-state index contributed by atoms with van der Waals surface area (Å²) in [6.07, 6.45) is -8.55. The molecule has 14 heteroatoms. The molecule has 2 atom stereocenters. The van der Waals surface area contributed by atoms with E-state index < -0.39 is 24.3 Å². The van der Waals surface area contributed by atoms with Gasteiger partial charge in [0.25, 0.3) is 0 Å². The molecule has 1 aliphatic heterocycles. The third kappa shape index (κ3) is 8.82. The summed E-state index contributed by atoms with van der Waals surface area (Å²) in [4.78, 5) is 20.1. The quantitative estimate of drug-likeness (QED) is 0.364. The highest BCUT2D eigenvalue weighted by Gasteiger charge is 2.52. The van der Waals surface area contributed by atoms with Gasteiger partial charge in [0.15, 0.2) is 0 Å². The Labute approximate surface area is 238 Å². The van der Waals surface area contributed by atoms with E-state index in [1.54, 1.807) is 0 Å². The van der Waals surface area contributed by atoms with E-state index in [9.17, 15) is 31.4 Å². The fourth-order valence-corrected chi connectivity index (χ4v) is 5.06. The molecule has 234 valence electrons. The predicted octanol–water partition coefficient (Wildman–Crippen LogP) is 4.62. The molecule has 1 saturated heterocycles. The normalized spacial score (nSPS) is 19.2. The standard InChI is InChI=1S/C24H32N2O2.2C2HF3O2/c1-17-8-9-18(2)21(16-17)28-15-14-26(3)22-19-6-4-5-7-20(19)24(23(22)27)10-12-25-13-11-24;2*3-2(4,5)1(6)7/h4-9,16,22-23,25,27H,10-15H2,1-3H3;2*(H,6,7)/t22-,23+;;/m1../s1. The molecule has 0 radical (unpaired) electrons. The maximum Gasteiger partial charge on any atom is 0.490 e. The van der Waals surface area contributed by atoms with Crippen LogP contribution in [-0.4, -0.2) is 83.9 Å². The number of likely N-dealkylation sites (N-methyl/N-ethyl adjacent to an activating group) is 1. The summed E-state index contributed by atoms with van der Waals surface area (Å²) in [6, 6.07) is 15.0. The number of nitrogens with one attached hydrogen (secondary N) is 1.